The van der Waals surface area contributed by atoms with Gasteiger partial charge in [-0.25, -0.2) is 8.42 Å². The summed E-state index contributed by atoms with van der Waals surface area (Å²) >= 11 is 0. The molecule has 0 aliphatic rings. The van der Waals surface area contributed by atoms with Crippen molar-refractivity contribution in [3.05, 3.63) is 95.8 Å². The monoisotopic (exact) mass is 394 g/mol. The van der Waals surface area contributed by atoms with Crippen molar-refractivity contribution in [2.24, 2.45) is 0 Å². The molecular formula is C22H22N2O3S. The average molecular weight is 394 g/mol. The molecule has 6 heteroatoms. The van der Waals surface area contributed by atoms with E-state index in [1.165, 1.54) is 12.1 Å². The van der Waals surface area contributed by atoms with Crippen molar-refractivity contribution in [1.29, 1.82) is 0 Å². The van der Waals surface area contributed by atoms with E-state index < -0.39 is 9.84 Å². The van der Waals surface area contributed by atoms with Gasteiger partial charge < -0.3 is 4.90 Å². The fourth-order valence-electron chi connectivity index (χ4n) is 2.93. The summed E-state index contributed by atoms with van der Waals surface area (Å²) in [6, 6.07) is 18.8. The molecule has 28 heavy (non-hydrogen) atoms. The van der Waals surface area contributed by atoms with Gasteiger partial charge in [-0.05, 0) is 42.3 Å². The van der Waals surface area contributed by atoms with E-state index >= 15 is 0 Å². The molecule has 1 atom stereocenters. The first-order valence-electron chi connectivity index (χ1n) is 8.92. The molecule has 0 fully saturated rings. The van der Waals surface area contributed by atoms with Crippen LogP contribution in [0.5, 0.6) is 0 Å². The summed E-state index contributed by atoms with van der Waals surface area (Å²) in [7, 11) is -1.85. The zero-order valence-electron chi connectivity index (χ0n) is 15.8. The Bertz CT molecular complexity index is 1050. The van der Waals surface area contributed by atoms with Crippen molar-refractivity contribution in [3.8, 4) is 0 Å². The number of amides is 1. The van der Waals surface area contributed by atoms with Crippen molar-refractivity contribution in [1.82, 2.24) is 9.88 Å². The largest absolute Gasteiger partial charge is 0.335 e. The van der Waals surface area contributed by atoms with Crippen LogP contribution in [-0.2, 0) is 15.6 Å². The summed E-state index contributed by atoms with van der Waals surface area (Å²) < 4.78 is 25.5. The molecule has 3 rings (SSSR count). The summed E-state index contributed by atoms with van der Waals surface area (Å²) in [5, 5.41) is 0. The van der Waals surface area contributed by atoms with E-state index in [1.54, 1.807) is 60.7 Å². The second-order valence-corrected chi connectivity index (χ2v) is 8.64. The number of nitrogens with zero attached hydrogens (tertiary/aromatic N) is 2. The minimum Gasteiger partial charge on any atom is -0.335 e. The van der Waals surface area contributed by atoms with E-state index in [1.807, 2.05) is 25.1 Å². The Balaban J connectivity index is 1.83. The van der Waals surface area contributed by atoms with Gasteiger partial charge >= 0.3 is 0 Å². The molecule has 1 aromatic heterocycles. The molecule has 0 radical (unpaired) electrons. The molecule has 0 aliphatic carbocycles. The number of rotatable bonds is 6. The number of benzene rings is 2. The van der Waals surface area contributed by atoms with Crippen molar-refractivity contribution in [2.75, 3.05) is 7.05 Å². The van der Waals surface area contributed by atoms with Crippen LogP contribution in [0.1, 0.15) is 34.5 Å². The summed E-state index contributed by atoms with van der Waals surface area (Å²) in [6.45, 7) is 1.91. The van der Waals surface area contributed by atoms with Crippen LogP contribution in [0.25, 0.3) is 0 Å². The average Bonchev–Trinajstić information content (AvgIpc) is 2.73. The molecule has 0 bridgehead atoms. The van der Waals surface area contributed by atoms with Gasteiger partial charge in [0.1, 0.15) is 0 Å². The van der Waals surface area contributed by atoms with Crippen molar-refractivity contribution < 1.29 is 13.2 Å². The van der Waals surface area contributed by atoms with E-state index in [9.17, 15) is 13.2 Å². The molecule has 144 valence electrons. The molecule has 2 aromatic carbocycles. The third-order valence-electron chi connectivity index (χ3n) is 4.71. The standard InChI is InChI=1S/C22H22N2O3S/c1-17(20-11-7-13-23-15-20)24(2)22(25)19-10-6-12-21(14-19)28(26,27)16-18-8-4-3-5-9-18/h3-15,17H,16H2,1-2H3. The molecule has 0 saturated heterocycles. The molecule has 0 aliphatic heterocycles. The van der Waals surface area contributed by atoms with Crippen LogP contribution in [0.2, 0.25) is 0 Å². The van der Waals surface area contributed by atoms with Gasteiger partial charge in [0.15, 0.2) is 9.84 Å². The lowest BCUT2D eigenvalue weighted by Crippen LogP contribution is -2.29. The predicted octanol–water partition coefficient (Wildman–Crippen LogP) is 3.89. The van der Waals surface area contributed by atoms with E-state index in [2.05, 4.69) is 4.98 Å². The topological polar surface area (TPSA) is 67.3 Å². The van der Waals surface area contributed by atoms with Crippen molar-refractivity contribution >= 4 is 15.7 Å². The van der Waals surface area contributed by atoms with E-state index in [-0.39, 0.29) is 22.6 Å². The van der Waals surface area contributed by atoms with Gasteiger partial charge in [0.05, 0.1) is 16.7 Å². The zero-order chi connectivity index (χ0) is 20.1. The Morgan fingerprint density at radius 2 is 1.79 bits per heavy atom. The molecule has 1 amide bonds. The Hall–Kier alpha value is -2.99. The fraction of sp³-hybridized carbons (Fsp3) is 0.182. The first-order valence-corrected chi connectivity index (χ1v) is 10.6. The zero-order valence-corrected chi connectivity index (χ0v) is 16.6. The minimum absolute atomic E-state index is 0.104. The fourth-order valence-corrected chi connectivity index (χ4v) is 4.32. The highest BCUT2D eigenvalue weighted by Gasteiger charge is 2.22. The number of sulfone groups is 1. The van der Waals surface area contributed by atoms with Gasteiger partial charge in [-0.15, -0.1) is 0 Å². The van der Waals surface area contributed by atoms with E-state index in [4.69, 9.17) is 0 Å². The van der Waals surface area contributed by atoms with Gasteiger partial charge in [-0.2, -0.15) is 0 Å². The van der Waals surface area contributed by atoms with Crippen LogP contribution in [0, 0.1) is 0 Å². The second kappa shape index (κ2) is 8.35. The van der Waals surface area contributed by atoms with E-state index in [0.29, 0.717) is 11.1 Å². The normalized spacial score (nSPS) is 12.4. The van der Waals surface area contributed by atoms with E-state index in [0.717, 1.165) is 5.56 Å². The Morgan fingerprint density at radius 1 is 1.04 bits per heavy atom. The van der Waals surface area contributed by atoms with Gasteiger partial charge in [0.2, 0.25) is 0 Å². The number of carbonyl (C=O) groups is 1. The maximum Gasteiger partial charge on any atom is 0.254 e. The summed E-state index contributed by atoms with van der Waals surface area (Å²) in [6.07, 6.45) is 3.40. The SMILES string of the molecule is CC(c1cccnc1)N(C)C(=O)c1cccc(S(=O)(=O)Cc2ccccc2)c1. The quantitative estimate of drug-likeness (QED) is 0.636. The number of carbonyl (C=O) groups excluding carboxylic acids is 1. The maximum absolute atomic E-state index is 12.9. The second-order valence-electron chi connectivity index (χ2n) is 6.65. The molecule has 0 saturated carbocycles. The Morgan fingerprint density at radius 3 is 2.46 bits per heavy atom. The third-order valence-corrected chi connectivity index (χ3v) is 6.39. The van der Waals surface area contributed by atoms with Crippen LogP contribution < -0.4 is 0 Å². The summed E-state index contributed by atoms with van der Waals surface area (Å²) in [4.78, 5) is 18.7. The van der Waals surface area contributed by atoms with Crippen LogP contribution in [0.4, 0.5) is 0 Å². The summed E-state index contributed by atoms with van der Waals surface area (Å²) in [5.74, 6) is -0.346. The van der Waals surface area contributed by atoms with Gasteiger partial charge in [0, 0.05) is 25.0 Å². The summed E-state index contributed by atoms with van der Waals surface area (Å²) in [5.41, 5.74) is 1.96. The highest BCUT2D eigenvalue weighted by Crippen LogP contribution is 2.22. The van der Waals surface area contributed by atoms with Crippen LogP contribution in [0.15, 0.2) is 84.0 Å². The molecule has 1 unspecified atom stereocenters. The Kier molecular flexibility index (Phi) is 5.90. The van der Waals surface area contributed by atoms with Crippen molar-refractivity contribution in [2.45, 2.75) is 23.6 Å². The maximum atomic E-state index is 12.9. The number of hydrogen-bond donors (Lipinski definition) is 0. The third kappa shape index (κ3) is 4.46. The first kappa shape index (κ1) is 19.8. The minimum atomic E-state index is -3.55. The van der Waals surface area contributed by atoms with Gasteiger partial charge in [-0.1, -0.05) is 42.5 Å². The first-order chi connectivity index (χ1) is 13.4. The molecule has 1 heterocycles. The molecule has 5 nitrogen and oxygen atoms in total. The predicted molar refractivity (Wildman–Crippen MR) is 109 cm³/mol. The van der Waals surface area contributed by atoms with Crippen LogP contribution in [0.3, 0.4) is 0 Å². The number of aromatic nitrogens is 1. The Labute approximate surface area is 165 Å². The lowest BCUT2D eigenvalue weighted by atomic mass is 10.1. The lowest BCUT2D eigenvalue weighted by molar-refractivity contribution is 0.0742. The van der Waals surface area contributed by atoms with Gasteiger partial charge in [-0.3, -0.25) is 9.78 Å². The number of hydrogen-bond acceptors (Lipinski definition) is 4. The highest BCUT2D eigenvalue weighted by atomic mass is 32.2. The molecule has 3 aromatic rings. The lowest BCUT2D eigenvalue weighted by Gasteiger charge is -2.25. The molecule has 0 N–H and O–H groups in total. The number of pyridine rings is 1. The molecule has 0 spiro atoms. The van der Waals surface area contributed by atoms with Crippen LogP contribution >= 0.6 is 0 Å². The van der Waals surface area contributed by atoms with Gasteiger partial charge in [0.25, 0.3) is 5.91 Å². The molecular weight excluding hydrogens is 372 g/mol. The smallest absolute Gasteiger partial charge is 0.254 e. The highest BCUT2D eigenvalue weighted by molar-refractivity contribution is 7.90. The van der Waals surface area contributed by atoms with Crippen molar-refractivity contribution in [3.63, 3.8) is 0 Å². The van der Waals surface area contributed by atoms with Crippen LogP contribution in [-0.4, -0.2) is 31.3 Å².